The van der Waals surface area contributed by atoms with E-state index in [-0.39, 0.29) is 22.7 Å². The van der Waals surface area contributed by atoms with Crippen molar-refractivity contribution in [2.45, 2.75) is 45.2 Å². The molecule has 1 saturated heterocycles. The molecule has 128 valence electrons. The number of piperidine rings is 1. The molecule has 8 nitrogen and oxygen atoms in total. The summed E-state index contributed by atoms with van der Waals surface area (Å²) in [5, 5.41) is 14.7. The summed E-state index contributed by atoms with van der Waals surface area (Å²) in [4.78, 5) is 23.7. The molecule has 1 atom stereocenters. The molecule has 0 radical (unpaired) electrons. The predicted molar refractivity (Wildman–Crippen MR) is 91.0 cm³/mol. The predicted octanol–water partition coefficient (Wildman–Crippen LogP) is 2.13. The first-order valence-corrected chi connectivity index (χ1v) is 8.11. The third kappa shape index (κ3) is 4.07. The summed E-state index contributed by atoms with van der Waals surface area (Å²) in [5.41, 5.74) is -0.0331. The van der Waals surface area contributed by atoms with Crippen LogP contribution in [0.2, 0.25) is 0 Å². The number of nitrogens with zero attached hydrogens (tertiary/aromatic N) is 5. The maximum Gasteiger partial charge on any atom is 0.353 e. The molecule has 1 N–H and O–H groups in total. The normalized spacial score (nSPS) is 17.7. The molecule has 2 heterocycles. The first kappa shape index (κ1) is 17.4. The lowest BCUT2D eigenvalue weighted by atomic mass is 10.0. The fraction of sp³-hybridized carbons (Fsp3) is 0.733. The summed E-state index contributed by atoms with van der Waals surface area (Å²) in [6.45, 7) is 5.99. The molecule has 8 heteroatoms. The number of nitro groups is 1. The van der Waals surface area contributed by atoms with E-state index >= 15 is 0 Å². The van der Waals surface area contributed by atoms with Crippen molar-refractivity contribution < 1.29 is 4.92 Å². The molecular formula is C15H26N6O2. The minimum atomic E-state index is -0.383. The van der Waals surface area contributed by atoms with E-state index in [9.17, 15) is 10.1 Å². The highest BCUT2D eigenvalue weighted by Gasteiger charge is 2.30. The highest BCUT2D eigenvalue weighted by atomic mass is 16.6. The smallest absolute Gasteiger partial charge is 0.353 e. The number of likely N-dealkylation sites (tertiary alicyclic amines) is 1. The van der Waals surface area contributed by atoms with Crippen LogP contribution < -0.4 is 10.2 Å². The minimum absolute atomic E-state index is 0.0331. The van der Waals surface area contributed by atoms with Gasteiger partial charge in [-0.2, -0.15) is 0 Å². The van der Waals surface area contributed by atoms with Gasteiger partial charge in [-0.25, -0.2) is 9.97 Å². The lowest BCUT2D eigenvalue weighted by molar-refractivity contribution is -0.383. The Balaban J connectivity index is 2.30. The maximum atomic E-state index is 11.6. The Morgan fingerprint density at radius 3 is 2.70 bits per heavy atom. The van der Waals surface area contributed by atoms with Gasteiger partial charge in [0.2, 0.25) is 11.6 Å². The van der Waals surface area contributed by atoms with Crippen LogP contribution >= 0.6 is 0 Å². The molecule has 0 saturated carbocycles. The molecule has 1 aliphatic rings. The molecular weight excluding hydrogens is 296 g/mol. The van der Waals surface area contributed by atoms with Gasteiger partial charge in [0.1, 0.15) is 6.33 Å². The number of hydrogen-bond acceptors (Lipinski definition) is 7. The van der Waals surface area contributed by atoms with E-state index in [0.717, 1.165) is 32.4 Å². The number of aromatic nitrogens is 2. The van der Waals surface area contributed by atoms with Crippen molar-refractivity contribution in [3.8, 4) is 0 Å². The van der Waals surface area contributed by atoms with E-state index in [1.807, 2.05) is 25.8 Å². The summed E-state index contributed by atoms with van der Waals surface area (Å²) in [7, 11) is 3.98. The van der Waals surface area contributed by atoms with Crippen molar-refractivity contribution in [3.63, 3.8) is 0 Å². The van der Waals surface area contributed by atoms with Crippen LogP contribution in [0, 0.1) is 10.1 Å². The highest BCUT2D eigenvalue weighted by molar-refractivity contribution is 5.70. The quantitative estimate of drug-likeness (QED) is 0.634. The van der Waals surface area contributed by atoms with Gasteiger partial charge >= 0.3 is 5.69 Å². The minimum Gasteiger partial charge on any atom is -0.362 e. The standard InChI is InChI=1S/C15H26N6O2/c1-5-11(2)18-14-13(21(22)23)15(17-10-16-14)20(4)12-6-8-19(3)9-7-12/h10-12H,5-9H2,1-4H3,(H,16,17,18). The van der Waals surface area contributed by atoms with Gasteiger partial charge in [-0.15, -0.1) is 0 Å². The lowest BCUT2D eigenvalue weighted by Crippen LogP contribution is -2.42. The van der Waals surface area contributed by atoms with Crippen LogP contribution in [-0.2, 0) is 0 Å². The van der Waals surface area contributed by atoms with Crippen LogP contribution in [0.5, 0.6) is 0 Å². The fourth-order valence-electron chi connectivity index (χ4n) is 2.79. The third-order valence-electron chi connectivity index (χ3n) is 4.55. The van der Waals surface area contributed by atoms with Crippen molar-refractivity contribution in [2.24, 2.45) is 0 Å². The zero-order valence-electron chi connectivity index (χ0n) is 14.3. The largest absolute Gasteiger partial charge is 0.362 e. The number of hydrogen-bond donors (Lipinski definition) is 1. The molecule has 1 aromatic heterocycles. The Morgan fingerprint density at radius 1 is 1.48 bits per heavy atom. The average Bonchev–Trinajstić information content (AvgIpc) is 2.54. The zero-order valence-corrected chi connectivity index (χ0v) is 14.3. The first-order chi connectivity index (χ1) is 10.9. The van der Waals surface area contributed by atoms with Gasteiger partial charge in [0.25, 0.3) is 0 Å². The monoisotopic (exact) mass is 322 g/mol. The maximum absolute atomic E-state index is 11.6. The Labute approximate surface area is 137 Å². The van der Waals surface area contributed by atoms with Crippen LogP contribution in [-0.4, -0.2) is 59.1 Å². The van der Waals surface area contributed by atoms with Gasteiger partial charge < -0.3 is 15.1 Å². The second-order valence-electron chi connectivity index (χ2n) is 6.25. The van der Waals surface area contributed by atoms with E-state index in [1.165, 1.54) is 6.33 Å². The lowest BCUT2D eigenvalue weighted by Gasteiger charge is -2.35. The van der Waals surface area contributed by atoms with Crippen LogP contribution in [0.4, 0.5) is 17.3 Å². The Hall–Kier alpha value is -1.96. The number of anilines is 2. The molecule has 0 amide bonds. The van der Waals surface area contributed by atoms with Crippen LogP contribution in [0.3, 0.4) is 0 Å². The molecule has 0 bridgehead atoms. The topological polar surface area (TPSA) is 87.4 Å². The Morgan fingerprint density at radius 2 is 2.13 bits per heavy atom. The Bertz CT molecular complexity index is 545. The zero-order chi connectivity index (χ0) is 17.0. The highest BCUT2D eigenvalue weighted by Crippen LogP contribution is 2.33. The molecule has 2 rings (SSSR count). The van der Waals surface area contributed by atoms with Crippen molar-refractivity contribution in [2.75, 3.05) is 37.4 Å². The van der Waals surface area contributed by atoms with Crippen LogP contribution in [0.1, 0.15) is 33.1 Å². The van der Waals surface area contributed by atoms with Gasteiger partial charge in [0.05, 0.1) is 4.92 Å². The summed E-state index contributed by atoms with van der Waals surface area (Å²) in [5.74, 6) is 0.694. The average molecular weight is 322 g/mol. The van der Waals surface area contributed by atoms with Crippen molar-refractivity contribution >= 4 is 17.3 Å². The number of rotatable bonds is 6. The first-order valence-electron chi connectivity index (χ1n) is 8.11. The van der Waals surface area contributed by atoms with Crippen molar-refractivity contribution in [1.82, 2.24) is 14.9 Å². The second kappa shape index (κ2) is 7.54. The van der Waals surface area contributed by atoms with E-state index in [1.54, 1.807) is 0 Å². The van der Waals surface area contributed by atoms with Gasteiger partial charge in [-0.05, 0) is 46.3 Å². The van der Waals surface area contributed by atoms with Crippen LogP contribution in [0.25, 0.3) is 0 Å². The van der Waals surface area contributed by atoms with Crippen LogP contribution in [0.15, 0.2) is 6.33 Å². The van der Waals surface area contributed by atoms with E-state index in [2.05, 4.69) is 27.2 Å². The molecule has 0 aliphatic carbocycles. The SMILES string of the molecule is CCC(C)Nc1ncnc(N(C)C2CCN(C)CC2)c1[N+](=O)[O-]. The summed E-state index contributed by atoms with van der Waals surface area (Å²) >= 11 is 0. The van der Waals surface area contributed by atoms with Crippen molar-refractivity contribution in [1.29, 1.82) is 0 Å². The van der Waals surface area contributed by atoms with Gasteiger partial charge in [-0.1, -0.05) is 6.92 Å². The molecule has 1 fully saturated rings. The van der Waals surface area contributed by atoms with E-state index < -0.39 is 0 Å². The molecule has 0 spiro atoms. The second-order valence-corrected chi connectivity index (χ2v) is 6.25. The molecule has 0 aromatic carbocycles. The van der Waals surface area contributed by atoms with Crippen molar-refractivity contribution in [3.05, 3.63) is 16.4 Å². The fourth-order valence-corrected chi connectivity index (χ4v) is 2.79. The Kier molecular flexibility index (Phi) is 5.70. The summed E-state index contributed by atoms with van der Waals surface area (Å²) in [6.07, 6.45) is 4.21. The summed E-state index contributed by atoms with van der Waals surface area (Å²) < 4.78 is 0. The van der Waals surface area contributed by atoms with Gasteiger partial charge in [0, 0.05) is 19.1 Å². The molecule has 1 aliphatic heterocycles. The van der Waals surface area contributed by atoms with E-state index in [4.69, 9.17) is 0 Å². The molecule has 1 unspecified atom stereocenters. The summed E-state index contributed by atoms with van der Waals surface area (Å²) in [6, 6.07) is 0.376. The number of nitrogens with one attached hydrogen (secondary N) is 1. The third-order valence-corrected chi connectivity index (χ3v) is 4.55. The van der Waals surface area contributed by atoms with E-state index in [0.29, 0.717) is 11.6 Å². The van der Waals surface area contributed by atoms with Gasteiger partial charge in [0.15, 0.2) is 0 Å². The molecule has 23 heavy (non-hydrogen) atoms. The molecule has 1 aromatic rings. The van der Waals surface area contributed by atoms with Gasteiger partial charge in [-0.3, -0.25) is 10.1 Å².